The Labute approximate surface area is 205 Å². The molecule has 0 saturated carbocycles. The van der Waals surface area contributed by atoms with Gasteiger partial charge in [0.05, 0.1) is 22.0 Å². The fourth-order valence-electron chi connectivity index (χ4n) is 3.35. The Hall–Kier alpha value is -2.29. The lowest BCUT2D eigenvalue weighted by Crippen LogP contribution is -2.52. The van der Waals surface area contributed by atoms with E-state index in [4.69, 9.17) is 23.2 Å². The van der Waals surface area contributed by atoms with Gasteiger partial charge in [-0.3, -0.25) is 13.9 Å². The molecule has 2 amide bonds. The van der Waals surface area contributed by atoms with Crippen LogP contribution in [0.5, 0.6) is 0 Å². The number of hydrogen-bond donors (Lipinski definition) is 1. The van der Waals surface area contributed by atoms with Crippen molar-refractivity contribution in [2.24, 2.45) is 0 Å². The number of hydrogen-bond acceptors (Lipinski definition) is 4. The van der Waals surface area contributed by atoms with Crippen LogP contribution in [0.1, 0.15) is 32.3 Å². The molecule has 1 N–H and O–H groups in total. The maximum absolute atomic E-state index is 13.5. The van der Waals surface area contributed by atoms with Gasteiger partial charge in [-0.15, -0.1) is 0 Å². The first kappa shape index (κ1) is 27.0. The second kappa shape index (κ2) is 12.3. The molecule has 0 spiro atoms. The first-order valence-electron chi connectivity index (χ1n) is 10.6. The maximum Gasteiger partial charge on any atom is 0.244 e. The van der Waals surface area contributed by atoms with Gasteiger partial charge in [0.15, 0.2) is 0 Å². The molecule has 0 radical (unpaired) electrons. The zero-order valence-corrected chi connectivity index (χ0v) is 21.3. The van der Waals surface area contributed by atoms with Crippen LogP contribution < -0.4 is 9.62 Å². The van der Waals surface area contributed by atoms with Crippen molar-refractivity contribution < 1.29 is 18.0 Å². The van der Waals surface area contributed by atoms with Crippen molar-refractivity contribution in [3.05, 3.63) is 64.1 Å². The molecule has 0 heterocycles. The van der Waals surface area contributed by atoms with Crippen LogP contribution in [0.15, 0.2) is 48.5 Å². The van der Waals surface area contributed by atoms with Crippen molar-refractivity contribution in [2.45, 2.75) is 39.3 Å². The summed E-state index contributed by atoms with van der Waals surface area (Å²) < 4.78 is 26.1. The molecular formula is C23H29Cl2N3O4S. The average molecular weight is 514 g/mol. The third kappa shape index (κ3) is 7.35. The summed E-state index contributed by atoms with van der Waals surface area (Å²) in [5, 5.41) is 3.03. The second-order valence-electron chi connectivity index (χ2n) is 7.56. The Morgan fingerprint density at radius 2 is 1.70 bits per heavy atom. The molecular weight excluding hydrogens is 485 g/mol. The first-order chi connectivity index (χ1) is 15.6. The van der Waals surface area contributed by atoms with E-state index in [-0.39, 0.29) is 28.2 Å². The Morgan fingerprint density at radius 1 is 1.03 bits per heavy atom. The lowest BCUT2D eigenvalue weighted by molar-refractivity contribution is -0.140. The van der Waals surface area contributed by atoms with Crippen LogP contribution in [0.3, 0.4) is 0 Å². The van der Waals surface area contributed by atoms with Gasteiger partial charge in [0, 0.05) is 13.1 Å². The van der Waals surface area contributed by atoms with Gasteiger partial charge in [-0.05, 0) is 30.5 Å². The van der Waals surface area contributed by atoms with E-state index in [1.165, 1.54) is 17.0 Å². The number of nitrogens with zero attached hydrogens (tertiary/aromatic N) is 2. The van der Waals surface area contributed by atoms with Crippen LogP contribution >= 0.6 is 23.2 Å². The van der Waals surface area contributed by atoms with Crippen molar-refractivity contribution in [2.75, 3.05) is 23.7 Å². The van der Waals surface area contributed by atoms with Gasteiger partial charge in [0.25, 0.3) is 0 Å². The lowest BCUT2D eigenvalue weighted by atomic mass is 10.1. The first-order valence-corrected chi connectivity index (χ1v) is 13.2. The van der Waals surface area contributed by atoms with Gasteiger partial charge in [0.2, 0.25) is 21.8 Å². The maximum atomic E-state index is 13.5. The van der Waals surface area contributed by atoms with Crippen LogP contribution in [0, 0.1) is 0 Å². The number of nitrogens with one attached hydrogen (secondary N) is 1. The van der Waals surface area contributed by atoms with Crippen molar-refractivity contribution in [1.29, 1.82) is 0 Å². The lowest BCUT2D eigenvalue weighted by Gasteiger charge is -2.33. The largest absolute Gasteiger partial charge is 0.354 e. The fraction of sp³-hybridized carbons (Fsp3) is 0.391. The third-order valence-electron chi connectivity index (χ3n) is 5.01. The van der Waals surface area contributed by atoms with Gasteiger partial charge in [-0.25, -0.2) is 8.42 Å². The van der Waals surface area contributed by atoms with Gasteiger partial charge >= 0.3 is 0 Å². The number of sulfonamides is 1. The average Bonchev–Trinajstić information content (AvgIpc) is 2.77. The minimum absolute atomic E-state index is 0.0275. The predicted molar refractivity (Wildman–Crippen MR) is 133 cm³/mol. The van der Waals surface area contributed by atoms with E-state index in [0.29, 0.717) is 13.0 Å². The highest BCUT2D eigenvalue weighted by Crippen LogP contribution is 2.33. The standard InChI is InChI=1S/C23H29Cl2N3O4S/c1-4-14-26-23(30)19(5-2)27(15-17-10-7-6-8-11-17)21(29)16-28(33(3,31)32)20-13-9-12-18(24)22(20)25/h6-13,19H,4-5,14-16H2,1-3H3,(H,26,30)/t19-/m1/s1. The number of amides is 2. The van der Waals surface area contributed by atoms with E-state index in [1.54, 1.807) is 6.07 Å². The predicted octanol–water partition coefficient (Wildman–Crippen LogP) is 4.09. The van der Waals surface area contributed by atoms with Gasteiger partial charge in [0.1, 0.15) is 12.6 Å². The highest BCUT2D eigenvalue weighted by Gasteiger charge is 2.32. The highest BCUT2D eigenvalue weighted by atomic mass is 35.5. The monoisotopic (exact) mass is 513 g/mol. The van der Waals surface area contributed by atoms with Gasteiger partial charge in [-0.2, -0.15) is 0 Å². The zero-order valence-electron chi connectivity index (χ0n) is 18.9. The SMILES string of the molecule is CCCNC(=O)[C@@H](CC)N(Cc1ccccc1)C(=O)CN(c1cccc(Cl)c1Cl)S(C)(=O)=O. The highest BCUT2D eigenvalue weighted by molar-refractivity contribution is 7.92. The summed E-state index contributed by atoms with van der Waals surface area (Å²) in [5.41, 5.74) is 0.919. The van der Waals surface area contributed by atoms with Gasteiger partial charge < -0.3 is 10.2 Å². The van der Waals surface area contributed by atoms with Crippen LogP contribution in [0.2, 0.25) is 10.0 Å². The fourth-order valence-corrected chi connectivity index (χ4v) is 4.65. The minimum Gasteiger partial charge on any atom is -0.354 e. The molecule has 0 aliphatic carbocycles. The molecule has 10 heteroatoms. The van der Waals surface area contributed by atoms with Crippen molar-refractivity contribution >= 4 is 50.7 Å². The molecule has 7 nitrogen and oxygen atoms in total. The molecule has 2 aromatic carbocycles. The molecule has 2 aromatic rings. The summed E-state index contributed by atoms with van der Waals surface area (Å²) in [6.07, 6.45) is 2.11. The van der Waals surface area contributed by atoms with E-state index >= 15 is 0 Å². The second-order valence-corrected chi connectivity index (χ2v) is 10.3. The summed E-state index contributed by atoms with van der Waals surface area (Å²) in [6, 6.07) is 13.0. The summed E-state index contributed by atoms with van der Waals surface area (Å²) in [5.74, 6) is -0.811. The number of carbonyl (C=O) groups excluding carboxylic acids is 2. The number of rotatable bonds is 11. The molecule has 0 bridgehead atoms. The van der Waals surface area contributed by atoms with E-state index in [0.717, 1.165) is 22.5 Å². The Kier molecular flexibility index (Phi) is 10.0. The normalized spacial score (nSPS) is 12.2. The number of halogens is 2. The summed E-state index contributed by atoms with van der Waals surface area (Å²) in [6.45, 7) is 3.86. The van der Waals surface area contributed by atoms with Gasteiger partial charge in [-0.1, -0.05) is 73.4 Å². The molecule has 0 saturated heterocycles. The van der Waals surface area contributed by atoms with E-state index in [1.807, 2.05) is 44.2 Å². The Morgan fingerprint density at radius 3 is 2.27 bits per heavy atom. The summed E-state index contributed by atoms with van der Waals surface area (Å²) >= 11 is 12.3. The molecule has 33 heavy (non-hydrogen) atoms. The van der Waals surface area contributed by atoms with Crippen molar-refractivity contribution in [3.8, 4) is 0 Å². The third-order valence-corrected chi connectivity index (χ3v) is 6.95. The molecule has 0 aliphatic heterocycles. The van der Waals surface area contributed by atoms with Crippen LogP contribution in [-0.4, -0.2) is 50.5 Å². The van der Waals surface area contributed by atoms with E-state index < -0.39 is 28.5 Å². The molecule has 180 valence electrons. The number of carbonyl (C=O) groups is 2. The minimum atomic E-state index is -3.88. The molecule has 0 fully saturated rings. The quantitative estimate of drug-likeness (QED) is 0.490. The molecule has 0 unspecified atom stereocenters. The molecule has 2 rings (SSSR count). The summed E-state index contributed by atoms with van der Waals surface area (Å²) in [7, 11) is -3.88. The molecule has 0 aromatic heterocycles. The van der Waals surface area contributed by atoms with Crippen LogP contribution in [0.25, 0.3) is 0 Å². The summed E-state index contributed by atoms with van der Waals surface area (Å²) in [4.78, 5) is 27.8. The van der Waals surface area contributed by atoms with Crippen LogP contribution in [-0.2, 0) is 26.2 Å². The van der Waals surface area contributed by atoms with Crippen molar-refractivity contribution in [3.63, 3.8) is 0 Å². The molecule has 0 aliphatic rings. The Bertz CT molecular complexity index is 1060. The molecule has 1 atom stereocenters. The van der Waals surface area contributed by atoms with Crippen LogP contribution in [0.4, 0.5) is 5.69 Å². The topological polar surface area (TPSA) is 86.8 Å². The smallest absolute Gasteiger partial charge is 0.244 e. The Balaban J connectivity index is 2.44. The number of anilines is 1. The zero-order chi connectivity index (χ0) is 24.6. The van der Waals surface area contributed by atoms with E-state index in [2.05, 4.69) is 5.32 Å². The number of benzene rings is 2. The van der Waals surface area contributed by atoms with E-state index in [9.17, 15) is 18.0 Å². The van der Waals surface area contributed by atoms with Crippen molar-refractivity contribution in [1.82, 2.24) is 10.2 Å².